The second-order valence-corrected chi connectivity index (χ2v) is 1.33. The van der Waals surface area contributed by atoms with E-state index in [9.17, 15) is 22.0 Å². The van der Waals surface area contributed by atoms with Crippen LogP contribution in [-0.4, -0.2) is 5.92 Å². The minimum absolute atomic E-state index is 0.826. The summed E-state index contributed by atoms with van der Waals surface area (Å²) >= 11 is 0. The standard InChI is InChI=1S/C5H2F5/c1-2-5(9,10)3(6)4(7)8/h1H2. The molecular weight excluding hydrogens is 155 g/mol. The number of hydrogen-bond donors (Lipinski definition) is 0. The average Bonchev–Trinajstić information content (AvgIpc) is 1.86. The van der Waals surface area contributed by atoms with Gasteiger partial charge in [0.1, 0.15) is 0 Å². The molecule has 0 heterocycles. The Hall–Kier alpha value is -0.870. The Morgan fingerprint density at radius 1 is 1.20 bits per heavy atom. The van der Waals surface area contributed by atoms with Gasteiger partial charge in [0.15, 0.2) is 0 Å². The van der Waals surface area contributed by atoms with Crippen molar-refractivity contribution in [3.8, 4) is 0 Å². The molecule has 0 unspecified atom stereocenters. The molecule has 0 aliphatic carbocycles. The Morgan fingerprint density at radius 2 is 1.60 bits per heavy atom. The van der Waals surface area contributed by atoms with Gasteiger partial charge in [-0.25, -0.2) is 0 Å². The first-order chi connectivity index (χ1) is 4.41. The van der Waals surface area contributed by atoms with Crippen molar-refractivity contribution >= 4 is 0 Å². The third kappa shape index (κ3) is 1.82. The van der Waals surface area contributed by atoms with Crippen LogP contribution in [0, 0.1) is 6.08 Å². The molecule has 0 amide bonds. The molecule has 5 heteroatoms. The largest absolute Gasteiger partial charge is 0.329 e. The second kappa shape index (κ2) is 2.81. The highest BCUT2D eigenvalue weighted by molar-refractivity contribution is 5.08. The van der Waals surface area contributed by atoms with Gasteiger partial charge < -0.3 is 0 Å². The van der Waals surface area contributed by atoms with Crippen LogP contribution < -0.4 is 0 Å². The molecule has 0 aromatic heterocycles. The molecule has 0 aromatic rings. The molecule has 0 bridgehead atoms. The number of halogens is 5. The van der Waals surface area contributed by atoms with Gasteiger partial charge in [-0.1, -0.05) is 6.58 Å². The molecule has 10 heavy (non-hydrogen) atoms. The SMILES string of the molecule is C=[C]C(F)(F)C(F)=C(F)F. The van der Waals surface area contributed by atoms with Gasteiger partial charge in [0.25, 0.3) is 0 Å². The number of hydrogen-bond acceptors (Lipinski definition) is 0. The fourth-order valence-corrected chi connectivity index (χ4v) is 0.196. The molecule has 0 saturated carbocycles. The summed E-state index contributed by atoms with van der Waals surface area (Å²) in [6.45, 7) is 2.35. The third-order valence-corrected chi connectivity index (χ3v) is 0.664. The summed E-state index contributed by atoms with van der Waals surface area (Å²) in [5.41, 5.74) is 0. The van der Waals surface area contributed by atoms with Gasteiger partial charge in [-0.05, 0) is 0 Å². The topological polar surface area (TPSA) is 0 Å². The second-order valence-electron chi connectivity index (χ2n) is 1.33. The molecule has 0 fully saturated rings. The molecule has 1 radical (unpaired) electrons. The van der Waals surface area contributed by atoms with Crippen molar-refractivity contribution in [3.05, 3.63) is 24.6 Å². The molecule has 0 aliphatic heterocycles. The highest BCUT2D eigenvalue weighted by Crippen LogP contribution is 2.29. The van der Waals surface area contributed by atoms with Gasteiger partial charge in [-0.2, -0.15) is 22.0 Å². The lowest BCUT2D eigenvalue weighted by atomic mass is 10.3. The van der Waals surface area contributed by atoms with Crippen LogP contribution in [0.2, 0.25) is 0 Å². The monoisotopic (exact) mass is 157 g/mol. The Kier molecular flexibility index (Phi) is 2.56. The quantitative estimate of drug-likeness (QED) is 0.540. The molecule has 0 aliphatic rings. The lowest BCUT2D eigenvalue weighted by Crippen LogP contribution is -2.13. The van der Waals surface area contributed by atoms with E-state index in [2.05, 4.69) is 6.58 Å². The maximum Gasteiger partial charge on any atom is 0.329 e. The molecule has 0 nitrogen and oxygen atoms in total. The fourth-order valence-electron chi connectivity index (χ4n) is 0.196. The normalized spacial score (nSPS) is 10.9. The predicted molar refractivity (Wildman–Crippen MR) is 24.2 cm³/mol. The summed E-state index contributed by atoms with van der Waals surface area (Å²) in [5.74, 6) is -7.18. The van der Waals surface area contributed by atoms with Crippen molar-refractivity contribution in [1.29, 1.82) is 0 Å². The first-order valence-corrected chi connectivity index (χ1v) is 2.05. The van der Waals surface area contributed by atoms with Gasteiger partial charge in [0.2, 0.25) is 5.83 Å². The fraction of sp³-hybridized carbons (Fsp3) is 0.200. The molecule has 0 saturated heterocycles. The van der Waals surface area contributed by atoms with Crippen LogP contribution in [0.1, 0.15) is 0 Å². The molecule has 0 atom stereocenters. The Morgan fingerprint density at radius 3 is 1.70 bits per heavy atom. The molecular formula is C5H2F5. The van der Waals surface area contributed by atoms with E-state index in [4.69, 9.17) is 0 Å². The lowest BCUT2D eigenvalue weighted by molar-refractivity contribution is 0.0537. The van der Waals surface area contributed by atoms with E-state index in [0.29, 0.717) is 0 Å². The van der Waals surface area contributed by atoms with Crippen molar-refractivity contribution in [3.63, 3.8) is 0 Å². The van der Waals surface area contributed by atoms with Gasteiger partial charge in [0, 0.05) is 6.08 Å². The van der Waals surface area contributed by atoms with Crippen LogP contribution in [-0.2, 0) is 0 Å². The van der Waals surface area contributed by atoms with Crippen molar-refractivity contribution in [2.45, 2.75) is 5.92 Å². The highest BCUT2D eigenvalue weighted by atomic mass is 19.3. The van der Waals surface area contributed by atoms with Gasteiger partial charge in [0.05, 0.1) is 0 Å². The van der Waals surface area contributed by atoms with Crippen LogP contribution in [0.5, 0.6) is 0 Å². The number of alkyl halides is 2. The zero-order valence-corrected chi connectivity index (χ0v) is 4.60. The smallest absolute Gasteiger partial charge is 0.199 e. The summed E-state index contributed by atoms with van der Waals surface area (Å²) < 4.78 is 57.1. The maximum absolute atomic E-state index is 11.7. The van der Waals surface area contributed by atoms with E-state index in [1.54, 1.807) is 0 Å². The minimum atomic E-state index is -4.38. The molecule has 57 valence electrons. The molecule has 0 spiro atoms. The van der Waals surface area contributed by atoms with Crippen molar-refractivity contribution < 1.29 is 22.0 Å². The summed E-state index contributed by atoms with van der Waals surface area (Å²) in [7, 11) is 0. The van der Waals surface area contributed by atoms with Crippen LogP contribution in [0.15, 0.2) is 18.5 Å². The maximum atomic E-state index is 11.7. The van der Waals surface area contributed by atoms with E-state index < -0.39 is 17.8 Å². The highest BCUT2D eigenvalue weighted by Gasteiger charge is 2.35. The third-order valence-electron chi connectivity index (χ3n) is 0.664. The summed E-state index contributed by atoms with van der Waals surface area (Å²) in [4.78, 5) is 0. The average molecular weight is 157 g/mol. The number of rotatable bonds is 2. The van der Waals surface area contributed by atoms with Crippen molar-refractivity contribution in [2.75, 3.05) is 0 Å². The summed E-state index contributed by atoms with van der Waals surface area (Å²) in [5, 5.41) is 0. The predicted octanol–water partition coefficient (Wildman–Crippen LogP) is 2.69. The molecule has 0 aromatic carbocycles. The van der Waals surface area contributed by atoms with Gasteiger partial charge >= 0.3 is 12.0 Å². The summed E-state index contributed by atoms with van der Waals surface area (Å²) in [6, 6.07) is 0. The van der Waals surface area contributed by atoms with E-state index in [1.165, 1.54) is 0 Å². The zero-order valence-electron chi connectivity index (χ0n) is 4.60. The molecule has 0 N–H and O–H groups in total. The minimum Gasteiger partial charge on any atom is -0.199 e. The Labute approximate surface area is 53.6 Å². The lowest BCUT2D eigenvalue weighted by Gasteiger charge is -2.04. The van der Waals surface area contributed by atoms with E-state index >= 15 is 0 Å². The van der Waals surface area contributed by atoms with E-state index in [0.717, 1.165) is 6.08 Å². The van der Waals surface area contributed by atoms with Crippen LogP contribution >= 0.6 is 0 Å². The first-order valence-electron chi connectivity index (χ1n) is 2.05. The summed E-state index contributed by atoms with van der Waals surface area (Å²) in [6.07, 6.45) is -2.23. The first kappa shape index (κ1) is 9.13. The van der Waals surface area contributed by atoms with Crippen molar-refractivity contribution in [1.82, 2.24) is 0 Å². The zero-order chi connectivity index (χ0) is 8.36. The number of allylic oxidation sites excluding steroid dienone is 2. The van der Waals surface area contributed by atoms with Crippen LogP contribution in [0.25, 0.3) is 0 Å². The van der Waals surface area contributed by atoms with Gasteiger partial charge in [-0.3, -0.25) is 0 Å². The van der Waals surface area contributed by atoms with Crippen molar-refractivity contribution in [2.24, 2.45) is 0 Å². The Bertz CT molecular complexity index is 165. The Balaban J connectivity index is 4.65. The van der Waals surface area contributed by atoms with Crippen LogP contribution in [0.3, 0.4) is 0 Å². The van der Waals surface area contributed by atoms with E-state index in [-0.39, 0.29) is 0 Å². The van der Waals surface area contributed by atoms with E-state index in [1.807, 2.05) is 0 Å². The van der Waals surface area contributed by atoms with Gasteiger partial charge in [-0.15, -0.1) is 0 Å². The van der Waals surface area contributed by atoms with Crippen LogP contribution in [0.4, 0.5) is 22.0 Å². The molecule has 0 rings (SSSR count).